The normalized spacial score (nSPS) is 14.7. The summed E-state index contributed by atoms with van der Waals surface area (Å²) < 4.78 is 0. The topological polar surface area (TPSA) is 29.4 Å². The van der Waals surface area contributed by atoms with Gasteiger partial charge in [0, 0.05) is 5.71 Å². The van der Waals surface area contributed by atoms with Crippen LogP contribution in [0.15, 0.2) is 4.99 Å². The molecule has 3 heteroatoms. The van der Waals surface area contributed by atoms with Gasteiger partial charge in [0.25, 0.3) is 0 Å². The van der Waals surface area contributed by atoms with Crippen LogP contribution in [0.2, 0.25) is 0 Å². The molecule has 0 saturated carbocycles. The molecule has 11 heavy (non-hydrogen) atoms. The lowest BCUT2D eigenvalue weighted by molar-refractivity contribution is 0.267. The molecule has 0 N–H and O–H groups in total. The third-order valence-corrected chi connectivity index (χ3v) is 2.21. The van der Waals surface area contributed by atoms with Crippen LogP contribution in [0.3, 0.4) is 0 Å². The Labute approximate surface area is 72.5 Å². The van der Waals surface area contributed by atoms with Gasteiger partial charge in [0.15, 0.2) is 0 Å². The zero-order valence-corrected chi connectivity index (χ0v) is 8.36. The fourth-order valence-corrected chi connectivity index (χ4v) is 0.831. The number of amides is 1. The monoisotopic (exact) mass is 173 g/mol. The Hall–Kier alpha value is -0.310. The van der Waals surface area contributed by atoms with Crippen LogP contribution < -0.4 is 0 Å². The van der Waals surface area contributed by atoms with Gasteiger partial charge in [0.05, 0.1) is 0 Å². The molecule has 64 valence electrons. The summed E-state index contributed by atoms with van der Waals surface area (Å²) in [5.74, 6) is 0.422. The molecule has 1 amide bonds. The highest BCUT2D eigenvalue weighted by Crippen LogP contribution is 2.06. The van der Waals surface area contributed by atoms with Gasteiger partial charge in [-0.2, -0.15) is 0 Å². The van der Waals surface area contributed by atoms with Crippen LogP contribution in [0.4, 0.5) is 4.79 Å². The Balaban J connectivity index is 4.09. The van der Waals surface area contributed by atoms with Crippen molar-refractivity contribution in [3.8, 4) is 0 Å². The van der Waals surface area contributed by atoms with Crippen LogP contribution >= 0.6 is 11.8 Å². The zero-order chi connectivity index (χ0) is 8.85. The van der Waals surface area contributed by atoms with E-state index >= 15 is 0 Å². The SMILES string of the molecule is CCC(C)C(C)=NC(=O)SC. The maximum Gasteiger partial charge on any atom is 0.304 e. The van der Waals surface area contributed by atoms with E-state index < -0.39 is 0 Å². The standard InChI is InChI=1S/C8H15NOS/c1-5-6(2)7(3)9-8(10)11-4/h6H,5H2,1-4H3. The van der Waals surface area contributed by atoms with Gasteiger partial charge in [-0.25, -0.2) is 4.99 Å². The number of nitrogens with zero attached hydrogens (tertiary/aromatic N) is 1. The Morgan fingerprint density at radius 2 is 2.18 bits per heavy atom. The van der Waals surface area contributed by atoms with Crippen molar-refractivity contribution in [2.24, 2.45) is 10.9 Å². The van der Waals surface area contributed by atoms with Crippen LogP contribution in [0.25, 0.3) is 0 Å². The van der Waals surface area contributed by atoms with Crippen molar-refractivity contribution >= 4 is 22.7 Å². The van der Waals surface area contributed by atoms with E-state index in [1.165, 1.54) is 0 Å². The quantitative estimate of drug-likeness (QED) is 0.601. The first-order valence-corrected chi connectivity index (χ1v) is 4.97. The molecule has 1 unspecified atom stereocenters. The molecule has 0 heterocycles. The van der Waals surface area contributed by atoms with Gasteiger partial charge in [0.1, 0.15) is 0 Å². The largest absolute Gasteiger partial charge is 0.304 e. The van der Waals surface area contributed by atoms with Crippen molar-refractivity contribution in [2.45, 2.75) is 27.2 Å². The van der Waals surface area contributed by atoms with Crippen LogP contribution in [-0.2, 0) is 0 Å². The van der Waals surface area contributed by atoms with Crippen molar-refractivity contribution < 1.29 is 4.79 Å². The predicted octanol–water partition coefficient (Wildman–Crippen LogP) is 2.98. The van der Waals surface area contributed by atoms with Gasteiger partial charge in [-0.1, -0.05) is 25.6 Å². The minimum absolute atomic E-state index is 0.0946. The fourth-order valence-electron chi connectivity index (χ4n) is 0.595. The lowest BCUT2D eigenvalue weighted by Gasteiger charge is -2.05. The van der Waals surface area contributed by atoms with Crippen molar-refractivity contribution in [1.82, 2.24) is 0 Å². The van der Waals surface area contributed by atoms with Crippen LogP contribution in [0.1, 0.15) is 27.2 Å². The molecular weight excluding hydrogens is 158 g/mol. The number of carbonyl (C=O) groups excluding carboxylic acids is 1. The molecule has 0 spiro atoms. The minimum Gasteiger partial charge on any atom is -0.259 e. The van der Waals surface area contributed by atoms with E-state index in [1.807, 2.05) is 6.92 Å². The van der Waals surface area contributed by atoms with E-state index in [0.717, 1.165) is 23.9 Å². The van der Waals surface area contributed by atoms with Crippen molar-refractivity contribution in [3.63, 3.8) is 0 Å². The summed E-state index contributed by atoms with van der Waals surface area (Å²) in [6, 6.07) is 0. The zero-order valence-electron chi connectivity index (χ0n) is 7.55. The molecule has 0 rings (SSSR count). The summed E-state index contributed by atoms with van der Waals surface area (Å²) in [6.45, 7) is 6.07. The Morgan fingerprint density at radius 3 is 2.55 bits per heavy atom. The van der Waals surface area contributed by atoms with E-state index in [2.05, 4.69) is 18.8 Å². The summed E-state index contributed by atoms with van der Waals surface area (Å²) in [5, 5.41) is -0.0946. The molecule has 0 aromatic carbocycles. The molecule has 0 aromatic rings. The Kier molecular flexibility index (Phi) is 5.20. The smallest absolute Gasteiger partial charge is 0.259 e. The summed E-state index contributed by atoms with van der Waals surface area (Å²) in [6.07, 6.45) is 2.78. The molecule has 2 nitrogen and oxygen atoms in total. The first kappa shape index (κ1) is 10.7. The molecule has 0 aliphatic carbocycles. The molecule has 0 aliphatic heterocycles. The van der Waals surface area contributed by atoms with Gasteiger partial charge >= 0.3 is 5.24 Å². The third kappa shape index (κ3) is 4.19. The van der Waals surface area contributed by atoms with E-state index in [0.29, 0.717) is 5.92 Å². The van der Waals surface area contributed by atoms with E-state index in [1.54, 1.807) is 6.26 Å². The number of carbonyl (C=O) groups is 1. The number of hydrogen-bond donors (Lipinski definition) is 0. The summed E-state index contributed by atoms with van der Waals surface area (Å²) in [5.41, 5.74) is 0.937. The number of thioether (sulfide) groups is 1. The molecule has 0 aliphatic rings. The van der Waals surface area contributed by atoms with Crippen LogP contribution in [0.5, 0.6) is 0 Å². The molecule has 0 fully saturated rings. The molecule has 1 atom stereocenters. The predicted molar refractivity (Wildman–Crippen MR) is 51.5 cm³/mol. The van der Waals surface area contributed by atoms with Crippen LogP contribution in [0, 0.1) is 5.92 Å². The molecule has 0 bridgehead atoms. The number of aliphatic imine (C=N–C) groups is 1. The maximum atomic E-state index is 10.8. The van der Waals surface area contributed by atoms with E-state index in [-0.39, 0.29) is 5.24 Å². The number of rotatable bonds is 2. The van der Waals surface area contributed by atoms with Crippen molar-refractivity contribution in [2.75, 3.05) is 6.26 Å². The first-order chi connectivity index (χ1) is 5.11. The summed E-state index contributed by atoms with van der Waals surface area (Å²) in [7, 11) is 0. The second-order valence-electron chi connectivity index (χ2n) is 2.53. The lowest BCUT2D eigenvalue weighted by atomic mass is 10.0. The van der Waals surface area contributed by atoms with Gasteiger partial charge in [0.2, 0.25) is 0 Å². The van der Waals surface area contributed by atoms with Crippen molar-refractivity contribution in [1.29, 1.82) is 0 Å². The fraction of sp³-hybridized carbons (Fsp3) is 0.750. The average molecular weight is 173 g/mol. The maximum absolute atomic E-state index is 10.8. The summed E-state index contributed by atoms with van der Waals surface area (Å²) >= 11 is 1.15. The molecule has 0 radical (unpaired) electrons. The van der Waals surface area contributed by atoms with Gasteiger partial charge in [-0.05, 0) is 25.5 Å². The third-order valence-electron chi connectivity index (χ3n) is 1.77. The molecule has 0 aromatic heterocycles. The lowest BCUT2D eigenvalue weighted by Crippen LogP contribution is -2.06. The van der Waals surface area contributed by atoms with Gasteiger partial charge in [-0.15, -0.1) is 0 Å². The first-order valence-electron chi connectivity index (χ1n) is 3.75. The average Bonchev–Trinajstić information content (AvgIpc) is 2.02. The molecular formula is C8H15NOS. The highest BCUT2D eigenvalue weighted by molar-refractivity contribution is 8.13. The highest BCUT2D eigenvalue weighted by atomic mass is 32.2. The van der Waals surface area contributed by atoms with Crippen LogP contribution in [-0.4, -0.2) is 17.2 Å². The second-order valence-corrected chi connectivity index (χ2v) is 3.29. The van der Waals surface area contributed by atoms with Crippen molar-refractivity contribution in [3.05, 3.63) is 0 Å². The van der Waals surface area contributed by atoms with E-state index in [4.69, 9.17) is 0 Å². The van der Waals surface area contributed by atoms with Gasteiger partial charge in [-0.3, -0.25) is 4.79 Å². The van der Waals surface area contributed by atoms with Gasteiger partial charge < -0.3 is 0 Å². The summed E-state index contributed by atoms with van der Waals surface area (Å²) in [4.78, 5) is 14.7. The Bertz CT molecular complexity index is 165. The Morgan fingerprint density at radius 1 is 1.64 bits per heavy atom. The molecule has 0 saturated heterocycles. The minimum atomic E-state index is -0.0946. The highest BCUT2D eigenvalue weighted by Gasteiger charge is 2.04. The second kappa shape index (κ2) is 5.35. The number of hydrogen-bond acceptors (Lipinski definition) is 2. The van der Waals surface area contributed by atoms with E-state index in [9.17, 15) is 4.79 Å².